The standard InChI is InChI=1S/C5H9NO5S/c1-3-4(2)11-12(9,10)6(3)5(7)8/h3-4H,1-2H3,(H,7,8)/t3-,4?/m0/s1. The fraction of sp³-hybridized carbons (Fsp3) is 0.800. The molecular weight excluding hydrogens is 186 g/mol. The zero-order valence-electron chi connectivity index (χ0n) is 6.59. The van der Waals surface area contributed by atoms with Crippen LogP contribution in [0.3, 0.4) is 0 Å². The Morgan fingerprint density at radius 2 is 2.00 bits per heavy atom. The molecule has 70 valence electrons. The Hall–Kier alpha value is -0.820. The number of carboxylic acid groups (broad SMARTS) is 1. The molecule has 0 saturated carbocycles. The van der Waals surface area contributed by atoms with Crippen LogP contribution in [0.2, 0.25) is 0 Å². The predicted molar refractivity (Wildman–Crippen MR) is 38.8 cm³/mol. The van der Waals surface area contributed by atoms with Crippen LogP contribution in [0.4, 0.5) is 4.79 Å². The van der Waals surface area contributed by atoms with E-state index in [4.69, 9.17) is 5.11 Å². The lowest BCUT2D eigenvalue weighted by Gasteiger charge is -2.13. The quantitative estimate of drug-likeness (QED) is 0.589. The fourth-order valence-electron chi connectivity index (χ4n) is 0.983. The molecule has 1 N–H and O–H groups in total. The van der Waals surface area contributed by atoms with Crippen molar-refractivity contribution in [3.05, 3.63) is 0 Å². The van der Waals surface area contributed by atoms with Crippen molar-refractivity contribution in [2.75, 3.05) is 0 Å². The molecule has 0 aliphatic carbocycles. The molecule has 1 aliphatic rings. The molecule has 0 radical (unpaired) electrons. The van der Waals surface area contributed by atoms with Gasteiger partial charge in [0.15, 0.2) is 0 Å². The van der Waals surface area contributed by atoms with Gasteiger partial charge in [-0.2, -0.15) is 12.7 Å². The van der Waals surface area contributed by atoms with Crippen LogP contribution in [-0.4, -0.2) is 36.1 Å². The number of hydrogen-bond donors (Lipinski definition) is 1. The van der Waals surface area contributed by atoms with Crippen LogP contribution >= 0.6 is 0 Å². The molecule has 2 atom stereocenters. The van der Waals surface area contributed by atoms with E-state index < -0.39 is 28.5 Å². The van der Waals surface area contributed by atoms with Crippen LogP contribution in [0.5, 0.6) is 0 Å². The van der Waals surface area contributed by atoms with Gasteiger partial charge in [-0.25, -0.2) is 8.98 Å². The number of hydrogen-bond acceptors (Lipinski definition) is 4. The molecule has 0 bridgehead atoms. The summed E-state index contributed by atoms with van der Waals surface area (Å²) in [5.41, 5.74) is 0. The van der Waals surface area contributed by atoms with Gasteiger partial charge in [-0.15, -0.1) is 0 Å². The smallest absolute Gasteiger partial charge is 0.423 e. The number of rotatable bonds is 0. The molecule has 12 heavy (non-hydrogen) atoms. The van der Waals surface area contributed by atoms with Gasteiger partial charge < -0.3 is 5.11 Å². The first kappa shape index (κ1) is 9.27. The minimum atomic E-state index is -4.05. The number of amides is 1. The van der Waals surface area contributed by atoms with Crippen LogP contribution in [0, 0.1) is 0 Å². The second kappa shape index (κ2) is 2.60. The van der Waals surface area contributed by atoms with E-state index in [0.717, 1.165) is 0 Å². The topological polar surface area (TPSA) is 83.9 Å². The van der Waals surface area contributed by atoms with Gasteiger partial charge in [-0.1, -0.05) is 0 Å². The summed E-state index contributed by atoms with van der Waals surface area (Å²) in [5.74, 6) is 0. The van der Waals surface area contributed by atoms with Gasteiger partial charge in [0.25, 0.3) is 0 Å². The predicted octanol–water partition coefficient (Wildman–Crippen LogP) is 0.0184. The van der Waals surface area contributed by atoms with E-state index in [1.165, 1.54) is 13.8 Å². The highest BCUT2D eigenvalue weighted by Crippen LogP contribution is 2.23. The number of nitrogens with zero attached hydrogens (tertiary/aromatic N) is 1. The summed E-state index contributed by atoms with van der Waals surface area (Å²) in [6, 6.07) is -0.660. The summed E-state index contributed by atoms with van der Waals surface area (Å²) in [7, 11) is -4.05. The summed E-state index contributed by atoms with van der Waals surface area (Å²) < 4.78 is 26.7. The first-order valence-electron chi connectivity index (χ1n) is 3.32. The van der Waals surface area contributed by atoms with Gasteiger partial charge in [0.2, 0.25) is 0 Å². The molecular formula is C5H9NO5S. The lowest BCUT2D eigenvalue weighted by molar-refractivity contribution is 0.159. The van der Waals surface area contributed by atoms with Crippen molar-refractivity contribution < 1.29 is 22.5 Å². The molecule has 1 rings (SSSR count). The van der Waals surface area contributed by atoms with E-state index in [9.17, 15) is 13.2 Å². The van der Waals surface area contributed by atoms with Crippen LogP contribution in [0.25, 0.3) is 0 Å². The highest BCUT2D eigenvalue weighted by atomic mass is 32.2. The van der Waals surface area contributed by atoms with Crippen molar-refractivity contribution in [1.29, 1.82) is 0 Å². The molecule has 0 spiro atoms. The molecule has 0 aromatic carbocycles. The third-order valence-electron chi connectivity index (χ3n) is 1.75. The maximum Gasteiger partial charge on any atom is 0.423 e. The summed E-state index contributed by atoms with van der Waals surface area (Å²) in [4.78, 5) is 10.4. The molecule has 1 fully saturated rings. The molecule has 1 heterocycles. The van der Waals surface area contributed by atoms with Crippen LogP contribution in [-0.2, 0) is 14.5 Å². The van der Waals surface area contributed by atoms with E-state index in [1.807, 2.05) is 0 Å². The van der Waals surface area contributed by atoms with Gasteiger partial charge in [0, 0.05) is 0 Å². The molecule has 1 unspecified atom stereocenters. The van der Waals surface area contributed by atoms with Crippen LogP contribution in [0.1, 0.15) is 13.8 Å². The average Bonchev–Trinajstić information content (AvgIpc) is 2.01. The third-order valence-corrected chi connectivity index (χ3v) is 3.27. The molecule has 0 aromatic rings. The van der Waals surface area contributed by atoms with Gasteiger partial charge in [-0.05, 0) is 13.8 Å². The van der Waals surface area contributed by atoms with Gasteiger partial charge in [0.1, 0.15) is 0 Å². The maximum absolute atomic E-state index is 10.9. The first-order chi connectivity index (χ1) is 5.36. The van der Waals surface area contributed by atoms with E-state index in [-0.39, 0.29) is 0 Å². The van der Waals surface area contributed by atoms with Crippen molar-refractivity contribution in [2.45, 2.75) is 26.0 Å². The van der Waals surface area contributed by atoms with E-state index >= 15 is 0 Å². The summed E-state index contributed by atoms with van der Waals surface area (Å²) in [5, 5.41) is 8.50. The van der Waals surface area contributed by atoms with Gasteiger partial charge in [0.05, 0.1) is 12.1 Å². The fourth-order valence-corrected chi connectivity index (χ4v) is 2.39. The molecule has 0 aromatic heterocycles. The zero-order chi connectivity index (χ0) is 9.52. The molecule has 7 heteroatoms. The second-order valence-corrected chi connectivity index (χ2v) is 4.02. The van der Waals surface area contributed by atoms with E-state index in [2.05, 4.69) is 4.18 Å². The Balaban J connectivity index is 3.06. The van der Waals surface area contributed by atoms with Crippen molar-refractivity contribution in [2.24, 2.45) is 0 Å². The highest BCUT2D eigenvalue weighted by molar-refractivity contribution is 7.85. The number of carbonyl (C=O) groups is 1. The lowest BCUT2D eigenvalue weighted by Crippen LogP contribution is -2.37. The largest absolute Gasteiger partial charge is 0.464 e. The summed E-state index contributed by atoms with van der Waals surface area (Å²) >= 11 is 0. The summed E-state index contributed by atoms with van der Waals surface area (Å²) in [6.45, 7) is 2.98. The monoisotopic (exact) mass is 195 g/mol. The SMILES string of the molecule is CC1OS(=O)(=O)N(C(=O)O)[C@H]1C. The average molecular weight is 195 g/mol. The Morgan fingerprint density at radius 3 is 2.17 bits per heavy atom. The Morgan fingerprint density at radius 1 is 1.50 bits per heavy atom. The molecule has 1 saturated heterocycles. The molecule has 6 nitrogen and oxygen atoms in total. The van der Waals surface area contributed by atoms with Crippen LogP contribution in [0.15, 0.2) is 0 Å². The van der Waals surface area contributed by atoms with Crippen molar-refractivity contribution in [3.63, 3.8) is 0 Å². The third kappa shape index (κ3) is 1.25. The van der Waals surface area contributed by atoms with Crippen molar-refractivity contribution in [3.8, 4) is 0 Å². The van der Waals surface area contributed by atoms with Crippen molar-refractivity contribution >= 4 is 16.4 Å². The zero-order valence-corrected chi connectivity index (χ0v) is 7.41. The lowest BCUT2D eigenvalue weighted by atomic mass is 10.2. The Labute approximate surface area is 70.0 Å². The van der Waals surface area contributed by atoms with Gasteiger partial charge in [-0.3, -0.25) is 0 Å². The van der Waals surface area contributed by atoms with Crippen LogP contribution < -0.4 is 0 Å². The second-order valence-electron chi connectivity index (χ2n) is 2.58. The Kier molecular flexibility index (Phi) is 2.01. The minimum absolute atomic E-state index is 0.317. The normalized spacial score (nSPS) is 33.7. The van der Waals surface area contributed by atoms with Gasteiger partial charge >= 0.3 is 16.4 Å². The first-order valence-corrected chi connectivity index (χ1v) is 4.68. The molecule has 1 aliphatic heterocycles. The van der Waals surface area contributed by atoms with E-state index in [0.29, 0.717) is 4.31 Å². The Bertz CT molecular complexity index is 297. The summed E-state index contributed by atoms with van der Waals surface area (Å²) in [6.07, 6.45) is -2.13. The van der Waals surface area contributed by atoms with E-state index in [1.54, 1.807) is 0 Å². The minimum Gasteiger partial charge on any atom is -0.464 e. The van der Waals surface area contributed by atoms with Crippen molar-refractivity contribution in [1.82, 2.24) is 4.31 Å². The highest BCUT2D eigenvalue weighted by Gasteiger charge is 2.44. The molecule has 1 amide bonds. The maximum atomic E-state index is 10.9.